The zero-order valence-electron chi connectivity index (χ0n) is 19.8. The number of halogens is 1. The number of benzene rings is 2. The quantitative estimate of drug-likeness (QED) is 0.462. The molecule has 7 nitrogen and oxygen atoms in total. The maximum absolute atomic E-state index is 14.6. The fraction of sp³-hybridized carbons (Fsp3) is 0.370. The van der Waals surface area contributed by atoms with Crippen LogP contribution in [0.5, 0.6) is 11.8 Å². The van der Waals surface area contributed by atoms with Crippen molar-refractivity contribution in [3.05, 3.63) is 58.5 Å². The molecule has 0 radical (unpaired) electrons. The molecular weight excluding hydrogens is 443 g/mol. The SMILES string of the molecule is CNc1cc(F)cc2c1Cc1nc(Oc3ccc4c(c3)C=NC4C)nc(N3CC4C[C@@H](N)C4C3)c1-2. The number of aliphatic imine (C=N–C) groups is 1. The summed E-state index contributed by atoms with van der Waals surface area (Å²) in [5, 5.41) is 3.14. The summed E-state index contributed by atoms with van der Waals surface area (Å²) in [5.74, 6) is 2.28. The number of fused-ring (bicyclic) bond motifs is 5. The highest BCUT2D eigenvalue weighted by Crippen LogP contribution is 2.48. The highest BCUT2D eigenvalue weighted by Gasteiger charge is 2.46. The number of hydrogen-bond acceptors (Lipinski definition) is 7. The molecule has 178 valence electrons. The van der Waals surface area contributed by atoms with Gasteiger partial charge in [-0.2, -0.15) is 9.97 Å². The van der Waals surface area contributed by atoms with Crippen LogP contribution in [0.4, 0.5) is 15.9 Å². The second-order valence-corrected chi connectivity index (χ2v) is 10.1. The zero-order valence-corrected chi connectivity index (χ0v) is 19.8. The zero-order chi connectivity index (χ0) is 23.8. The van der Waals surface area contributed by atoms with Crippen molar-refractivity contribution in [2.75, 3.05) is 30.4 Å². The van der Waals surface area contributed by atoms with E-state index in [9.17, 15) is 4.39 Å². The summed E-state index contributed by atoms with van der Waals surface area (Å²) in [6, 6.07) is 9.84. The summed E-state index contributed by atoms with van der Waals surface area (Å²) in [5.41, 5.74) is 13.0. The monoisotopic (exact) mass is 470 g/mol. The summed E-state index contributed by atoms with van der Waals surface area (Å²) in [6.07, 6.45) is 3.53. The molecule has 3 aromatic rings. The van der Waals surface area contributed by atoms with Gasteiger partial charge < -0.3 is 20.7 Å². The second kappa shape index (κ2) is 7.49. The minimum Gasteiger partial charge on any atom is -0.424 e. The highest BCUT2D eigenvalue weighted by molar-refractivity contribution is 5.88. The fourth-order valence-corrected chi connectivity index (χ4v) is 6.21. The van der Waals surface area contributed by atoms with Gasteiger partial charge in [-0.15, -0.1) is 0 Å². The average molecular weight is 471 g/mol. The number of nitrogens with zero attached hydrogens (tertiary/aromatic N) is 4. The lowest BCUT2D eigenvalue weighted by atomic mass is 9.72. The van der Waals surface area contributed by atoms with E-state index >= 15 is 0 Å². The third-order valence-electron chi connectivity index (χ3n) is 8.11. The number of anilines is 2. The van der Waals surface area contributed by atoms with Crippen LogP contribution in [-0.4, -0.2) is 42.4 Å². The van der Waals surface area contributed by atoms with Crippen molar-refractivity contribution >= 4 is 17.7 Å². The van der Waals surface area contributed by atoms with Gasteiger partial charge in [0.2, 0.25) is 0 Å². The van der Waals surface area contributed by atoms with E-state index in [0.717, 1.165) is 59.0 Å². The lowest BCUT2D eigenvalue weighted by Crippen LogP contribution is -2.46. The Balaban J connectivity index is 1.32. The molecule has 4 aliphatic rings. The first-order chi connectivity index (χ1) is 17.0. The predicted molar refractivity (Wildman–Crippen MR) is 134 cm³/mol. The number of nitrogens with one attached hydrogen (secondary N) is 1. The molecule has 3 unspecified atom stereocenters. The number of hydrogen-bond donors (Lipinski definition) is 2. The van der Waals surface area contributed by atoms with Gasteiger partial charge in [-0.1, -0.05) is 6.07 Å². The summed E-state index contributed by atoms with van der Waals surface area (Å²) in [7, 11) is 1.82. The van der Waals surface area contributed by atoms with Crippen LogP contribution in [0.25, 0.3) is 11.1 Å². The third-order valence-corrected chi connectivity index (χ3v) is 8.11. The number of rotatable bonds is 4. The summed E-state index contributed by atoms with van der Waals surface area (Å²) in [4.78, 5) is 16.5. The number of nitrogens with two attached hydrogens (primary N) is 1. The molecule has 8 heteroatoms. The third kappa shape index (κ3) is 3.16. The molecule has 35 heavy (non-hydrogen) atoms. The average Bonchev–Trinajstić information content (AvgIpc) is 3.51. The summed E-state index contributed by atoms with van der Waals surface area (Å²) < 4.78 is 20.8. The highest BCUT2D eigenvalue weighted by atomic mass is 19.1. The van der Waals surface area contributed by atoms with E-state index in [2.05, 4.69) is 22.1 Å². The van der Waals surface area contributed by atoms with Crippen molar-refractivity contribution < 1.29 is 9.13 Å². The van der Waals surface area contributed by atoms with E-state index in [1.54, 1.807) is 6.07 Å². The lowest BCUT2D eigenvalue weighted by Gasteiger charge is -2.36. The van der Waals surface area contributed by atoms with Gasteiger partial charge >= 0.3 is 6.01 Å². The van der Waals surface area contributed by atoms with E-state index < -0.39 is 0 Å². The van der Waals surface area contributed by atoms with Gasteiger partial charge in [0.25, 0.3) is 0 Å². The largest absolute Gasteiger partial charge is 0.424 e. The second-order valence-electron chi connectivity index (χ2n) is 10.1. The minimum absolute atomic E-state index is 0.166. The summed E-state index contributed by atoms with van der Waals surface area (Å²) >= 11 is 0. The Hall–Kier alpha value is -3.52. The first kappa shape index (κ1) is 20.8. The van der Waals surface area contributed by atoms with Crippen LogP contribution in [0.1, 0.15) is 41.8 Å². The smallest absolute Gasteiger partial charge is 0.324 e. The van der Waals surface area contributed by atoms with Crippen LogP contribution in [0, 0.1) is 17.7 Å². The molecule has 1 saturated carbocycles. The van der Waals surface area contributed by atoms with Crippen molar-refractivity contribution in [3.63, 3.8) is 0 Å². The molecule has 2 aliphatic heterocycles. The van der Waals surface area contributed by atoms with Crippen LogP contribution in [-0.2, 0) is 6.42 Å². The Morgan fingerprint density at radius 1 is 1.17 bits per heavy atom. The predicted octanol–water partition coefficient (Wildman–Crippen LogP) is 4.30. The molecule has 0 amide bonds. The van der Waals surface area contributed by atoms with E-state index in [1.165, 1.54) is 11.6 Å². The van der Waals surface area contributed by atoms with Crippen molar-refractivity contribution in [2.24, 2.45) is 22.6 Å². The van der Waals surface area contributed by atoms with Crippen LogP contribution < -0.4 is 20.7 Å². The van der Waals surface area contributed by atoms with Gasteiger partial charge in [0.1, 0.15) is 17.4 Å². The Morgan fingerprint density at radius 3 is 2.86 bits per heavy atom. The van der Waals surface area contributed by atoms with Crippen molar-refractivity contribution in [2.45, 2.75) is 31.8 Å². The van der Waals surface area contributed by atoms with Gasteiger partial charge in [0, 0.05) is 55.6 Å². The minimum atomic E-state index is -0.273. The van der Waals surface area contributed by atoms with Crippen molar-refractivity contribution in [3.8, 4) is 22.9 Å². The van der Waals surface area contributed by atoms with Gasteiger partial charge in [-0.05, 0) is 66.1 Å². The van der Waals surface area contributed by atoms with Crippen LogP contribution >= 0.6 is 0 Å². The fourth-order valence-electron chi connectivity index (χ4n) is 6.21. The maximum atomic E-state index is 14.6. The standard InChI is InChI=1S/C27H27FN6O/c1-13-18-4-3-17(5-14(18)10-31-13)35-27-32-24-9-19-20(7-16(28)8-23(19)30-2)25(24)26(33-27)34-11-15-6-22(29)21(15)12-34/h3-5,7-8,10,13,15,21-22,30H,6,9,11-12,29H2,1-2H3/t13?,15?,21?,22-/m1/s1. The van der Waals surface area contributed by atoms with E-state index in [-0.39, 0.29) is 17.9 Å². The molecule has 4 atom stereocenters. The van der Waals surface area contributed by atoms with Gasteiger partial charge in [-0.25, -0.2) is 4.39 Å². The Bertz CT molecular complexity index is 1400. The summed E-state index contributed by atoms with van der Waals surface area (Å²) in [6.45, 7) is 3.83. The molecule has 2 aromatic carbocycles. The molecule has 2 aliphatic carbocycles. The molecular formula is C27H27FN6O. The van der Waals surface area contributed by atoms with Crippen LogP contribution in [0.15, 0.2) is 35.3 Å². The molecule has 0 spiro atoms. The van der Waals surface area contributed by atoms with Gasteiger partial charge in [-0.3, -0.25) is 4.99 Å². The Morgan fingerprint density at radius 2 is 2.06 bits per heavy atom. The molecule has 3 N–H and O–H groups in total. The maximum Gasteiger partial charge on any atom is 0.324 e. The van der Waals surface area contributed by atoms with E-state index in [1.807, 2.05) is 31.5 Å². The number of ether oxygens (including phenoxy) is 1. The normalized spacial score (nSPS) is 25.1. The van der Waals surface area contributed by atoms with Gasteiger partial charge in [0.05, 0.1) is 11.7 Å². The molecule has 7 rings (SSSR count). The first-order valence-corrected chi connectivity index (χ1v) is 12.3. The topological polar surface area (TPSA) is 88.7 Å². The van der Waals surface area contributed by atoms with Gasteiger partial charge in [0.15, 0.2) is 0 Å². The number of aromatic nitrogens is 2. The molecule has 2 fully saturated rings. The molecule has 3 heterocycles. The first-order valence-electron chi connectivity index (χ1n) is 12.3. The van der Waals surface area contributed by atoms with Crippen molar-refractivity contribution in [1.82, 2.24) is 9.97 Å². The molecule has 0 bridgehead atoms. The van der Waals surface area contributed by atoms with Crippen LogP contribution in [0.2, 0.25) is 0 Å². The van der Waals surface area contributed by atoms with Crippen molar-refractivity contribution in [1.29, 1.82) is 0 Å². The lowest BCUT2D eigenvalue weighted by molar-refractivity contribution is 0.194. The van der Waals surface area contributed by atoms with E-state index in [4.69, 9.17) is 20.4 Å². The van der Waals surface area contributed by atoms with E-state index in [0.29, 0.717) is 30.0 Å². The van der Waals surface area contributed by atoms with Crippen LogP contribution in [0.3, 0.4) is 0 Å². The Kier molecular flexibility index (Phi) is 4.45. The molecule has 1 aromatic heterocycles. The molecule has 1 saturated heterocycles. The Labute approximate surface area is 203 Å².